The maximum absolute atomic E-state index is 13.0. The molecule has 2 aromatic carbocycles. The van der Waals surface area contributed by atoms with Crippen LogP contribution in [0, 0.1) is 0 Å². The highest BCUT2D eigenvalue weighted by Gasteiger charge is 2.29. The van der Waals surface area contributed by atoms with Crippen molar-refractivity contribution in [1.82, 2.24) is 13.5 Å². The average Bonchev–Trinajstić information content (AvgIpc) is 2.69. The molecule has 9 heteroatoms. The van der Waals surface area contributed by atoms with Crippen LogP contribution in [-0.2, 0) is 26.6 Å². The molecule has 0 aliphatic carbocycles. The Hall–Kier alpha value is -1.78. The van der Waals surface area contributed by atoms with Gasteiger partial charge in [-0.2, -0.15) is 4.31 Å². The van der Waals surface area contributed by atoms with Crippen LogP contribution in [0.3, 0.4) is 0 Å². The summed E-state index contributed by atoms with van der Waals surface area (Å²) in [6.07, 6.45) is 0.749. The van der Waals surface area contributed by atoms with E-state index in [9.17, 15) is 16.8 Å². The van der Waals surface area contributed by atoms with Gasteiger partial charge < -0.3 is 0 Å². The number of hydrogen-bond donors (Lipinski definition) is 0. The third-order valence-electron chi connectivity index (χ3n) is 4.73. The highest BCUT2D eigenvalue weighted by atomic mass is 32.2. The fraction of sp³-hybridized carbons (Fsp3) is 0.368. The summed E-state index contributed by atoms with van der Waals surface area (Å²) in [6.45, 7) is 2.29. The Kier molecular flexibility index (Phi) is 6.21. The zero-order valence-corrected chi connectivity index (χ0v) is 17.7. The second-order valence-electron chi connectivity index (χ2n) is 6.97. The van der Waals surface area contributed by atoms with E-state index in [4.69, 9.17) is 0 Å². The number of hydrogen-bond acceptors (Lipinski definition) is 5. The van der Waals surface area contributed by atoms with Crippen molar-refractivity contribution in [2.24, 2.45) is 0 Å². The molecule has 0 bridgehead atoms. The molecule has 0 atom stereocenters. The molecule has 2 aromatic rings. The molecule has 0 saturated carbocycles. The summed E-state index contributed by atoms with van der Waals surface area (Å²) in [7, 11) is -4.40. The van der Waals surface area contributed by atoms with Crippen molar-refractivity contribution in [3.05, 3.63) is 60.2 Å². The molecule has 1 aliphatic heterocycles. The van der Waals surface area contributed by atoms with Crippen LogP contribution in [0.4, 0.5) is 0 Å². The molecule has 0 aromatic heterocycles. The van der Waals surface area contributed by atoms with E-state index in [2.05, 4.69) is 4.90 Å². The van der Waals surface area contributed by atoms with Crippen molar-refractivity contribution < 1.29 is 16.8 Å². The first kappa shape index (κ1) is 20.9. The SMILES string of the molecule is CN(C)S(=O)(=O)c1ccc(S(=O)(=O)N2CCCN(Cc3ccccc3)C2)cc1. The van der Waals surface area contributed by atoms with Gasteiger partial charge in [0.25, 0.3) is 0 Å². The molecule has 152 valence electrons. The van der Waals surface area contributed by atoms with Crippen LogP contribution in [0.25, 0.3) is 0 Å². The van der Waals surface area contributed by atoms with E-state index in [0.717, 1.165) is 22.8 Å². The van der Waals surface area contributed by atoms with Crippen LogP contribution in [0.5, 0.6) is 0 Å². The van der Waals surface area contributed by atoms with E-state index in [1.165, 1.54) is 42.7 Å². The largest absolute Gasteiger partial charge is 0.285 e. The summed E-state index contributed by atoms with van der Waals surface area (Å²) in [5.41, 5.74) is 1.14. The smallest absolute Gasteiger partial charge is 0.244 e. The Morgan fingerprint density at radius 1 is 0.857 bits per heavy atom. The third kappa shape index (κ3) is 4.44. The van der Waals surface area contributed by atoms with Crippen LogP contribution in [0.1, 0.15) is 12.0 Å². The highest BCUT2D eigenvalue weighted by Crippen LogP contribution is 2.22. The van der Waals surface area contributed by atoms with Crippen molar-refractivity contribution in [3.8, 4) is 0 Å². The molecule has 7 nitrogen and oxygen atoms in total. The number of sulfonamides is 2. The molecule has 1 fully saturated rings. The zero-order chi connectivity index (χ0) is 20.4. The van der Waals surface area contributed by atoms with Crippen molar-refractivity contribution in [1.29, 1.82) is 0 Å². The average molecular weight is 424 g/mol. The lowest BCUT2D eigenvalue weighted by Gasteiger charge is -2.34. The van der Waals surface area contributed by atoms with Crippen molar-refractivity contribution in [3.63, 3.8) is 0 Å². The van der Waals surface area contributed by atoms with E-state index in [1.54, 1.807) is 0 Å². The Labute approximate surface area is 167 Å². The maximum atomic E-state index is 13.0. The van der Waals surface area contributed by atoms with Gasteiger partial charge in [0.2, 0.25) is 20.0 Å². The fourth-order valence-corrected chi connectivity index (χ4v) is 5.51. The molecule has 28 heavy (non-hydrogen) atoms. The Morgan fingerprint density at radius 2 is 1.46 bits per heavy atom. The van der Waals surface area contributed by atoms with Gasteiger partial charge in [0, 0.05) is 33.7 Å². The Balaban J connectivity index is 1.76. The van der Waals surface area contributed by atoms with Crippen LogP contribution in [0.2, 0.25) is 0 Å². The number of rotatable bonds is 6. The number of benzene rings is 2. The van der Waals surface area contributed by atoms with E-state index in [-0.39, 0.29) is 9.79 Å². The third-order valence-corrected chi connectivity index (χ3v) is 8.40. The molecule has 0 spiro atoms. The van der Waals surface area contributed by atoms with Crippen LogP contribution in [-0.4, -0.2) is 64.2 Å². The second kappa shape index (κ2) is 8.30. The first-order valence-corrected chi connectivity index (χ1v) is 11.9. The van der Waals surface area contributed by atoms with Crippen LogP contribution >= 0.6 is 0 Å². The lowest BCUT2D eigenvalue weighted by Crippen LogP contribution is -2.46. The summed E-state index contributed by atoms with van der Waals surface area (Å²) in [6, 6.07) is 15.4. The molecule has 0 N–H and O–H groups in total. The number of nitrogens with zero attached hydrogens (tertiary/aromatic N) is 3. The second-order valence-corrected chi connectivity index (χ2v) is 11.1. The predicted octanol–water partition coefficient (Wildman–Crippen LogP) is 1.79. The molecule has 3 rings (SSSR count). The van der Waals surface area contributed by atoms with Gasteiger partial charge in [0.1, 0.15) is 0 Å². The van der Waals surface area contributed by atoms with Gasteiger partial charge in [-0.25, -0.2) is 21.1 Å². The van der Waals surface area contributed by atoms with Crippen LogP contribution in [0.15, 0.2) is 64.4 Å². The maximum Gasteiger partial charge on any atom is 0.244 e. The Morgan fingerprint density at radius 3 is 2.07 bits per heavy atom. The summed E-state index contributed by atoms with van der Waals surface area (Å²) >= 11 is 0. The van der Waals surface area contributed by atoms with Gasteiger partial charge in [-0.1, -0.05) is 30.3 Å². The van der Waals surface area contributed by atoms with Crippen molar-refractivity contribution >= 4 is 20.0 Å². The summed E-state index contributed by atoms with van der Waals surface area (Å²) in [5, 5.41) is 0. The minimum atomic E-state index is -3.69. The van der Waals surface area contributed by atoms with Crippen molar-refractivity contribution in [2.45, 2.75) is 22.8 Å². The standard InChI is InChI=1S/C19H25N3O4S2/c1-20(2)27(23,24)18-9-11-19(12-10-18)28(25,26)22-14-6-13-21(16-22)15-17-7-4-3-5-8-17/h3-5,7-12H,6,13-16H2,1-2H3. The molecular formula is C19H25N3O4S2. The lowest BCUT2D eigenvalue weighted by molar-refractivity contribution is 0.140. The van der Waals surface area contributed by atoms with Crippen molar-refractivity contribution in [2.75, 3.05) is 33.9 Å². The minimum Gasteiger partial charge on any atom is -0.285 e. The monoisotopic (exact) mass is 423 g/mol. The molecule has 1 saturated heterocycles. The Bertz CT molecular complexity index is 1000. The first-order chi connectivity index (χ1) is 13.2. The first-order valence-electron chi connectivity index (χ1n) is 9.00. The summed E-state index contributed by atoms with van der Waals surface area (Å²) in [4.78, 5) is 2.27. The van der Waals surface area contributed by atoms with Gasteiger partial charge in [0.05, 0.1) is 16.5 Å². The topological polar surface area (TPSA) is 78.0 Å². The van der Waals surface area contributed by atoms with Gasteiger partial charge in [0.15, 0.2) is 0 Å². The van der Waals surface area contributed by atoms with Crippen LogP contribution < -0.4 is 0 Å². The molecule has 1 aliphatic rings. The van der Waals surface area contributed by atoms with Gasteiger partial charge in [-0.05, 0) is 36.2 Å². The molecule has 0 amide bonds. The molecule has 1 heterocycles. The lowest BCUT2D eigenvalue weighted by atomic mass is 10.2. The molecular weight excluding hydrogens is 398 g/mol. The minimum absolute atomic E-state index is 0.0702. The predicted molar refractivity (Wildman–Crippen MR) is 108 cm³/mol. The normalized spacial score (nSPS) is 17.1. The summed E-state index contributed by atoms with van der Waals surface area (Å²) < 4.78 is 52.9. The van der Waals surface area contributed by atoms with Gasteiger partial charge >= 0.3 is 0 Å². The van der Waals surface area contributed by atoms with Gasteiger partial charge in [-0.15, -0.1) is 0 Å². The molecule has 0 unspecified atom stereocenters. The molecule has 0 radical (unpaired) electrons. The van der Waals surface area contributed by atoms with E-state index >= 15 is 0 Å². The fourth-order valence-electron chi connectivity index (χ4n) is 3.15. The summed E-state index contributed by atoms with van der Waals surface area (Å²) in [5.74, 6) is 0. The quantitative estimate of drug-likeness (QED) is 0.708. The zero-order valence-electron chi connectivity index (χ0n) is 16.0. The van der Waals surface area contributed by atoms with Gasteiger partial charge in [-0.3, -0.25) is 4.90 Å². The van der Waals surface area contributed by atoms with E-state index in [0.29, 0.717) is 19.8 Å². The van der Waals surface area contributed by atoms with E-state index in [1.807, 2.05) is 30.3 Å². The highest BCUT2D eigenvalue weighted by molar-refractivity contribution is 7.89. The van der Waals surface area contributed by atoms with E-state index < -0.39 is 20.0 Å².